The van der Waals surface area contributed by atoms with Gasteiger partial charge < -0.3 is 10.6 Å². The number of anilines is 1. The minimum Gasteiger partial charge on any atom is -0.324 e. The third-order valence-electron chi connectivity index (χ3n) is 2.64. The first-order valence-corrected chi connectivity index (χ1v) is 5.25. The van der Waals surface area contributed by atoms with Crippen molar-refractivity contribution in [1.29, 1.82) is 5.26 Å². The number of carbonyl (C=O) groups excluding carboxylic acids is 1. The van der Waals surface area contributed by atoms with E-state index in [1.807, 2.05) is 31.2 Å². The van der Waals surface area contributed by atoms with Crippen LogP contribution in [0.1, 0.15) is 18.5 Å². The van der Waals surface area contributed by atoms with Crippen LogP contribution in [-0.4, -0.2) is 12.5 Å². The fourth-order valence-corrected chi connectivity index (χ4v) is 1.75. The summed E-state index contributed by atoms with van der Waals surface area (Å²) in [6.45, 7) is 2.34. The van der Waals surface area contributed by atoms with Gasteiger partial charge in [0.15, 0.2) is 0 Å². The molecule has 0 saturated carbocycles. The number of benzene rings is 1. The molecule has 2 unspecified atom stereocenters. The van der Waals surface area contributed by atoms with Gasteiger partial charge in [-0.25, -0.2) is 0 Å². The van der Waals surface area contributed by atoms with Crippen molar-refractivity contribution in [3.05, 3.63) is 29.8 Å². The molecule has 1 heterocycles. The van der Waals surface area contributed by atoms with Crippen LogP contribution < -0.4 is 10.6 Å². The summed E-state index contributed by atoms with van der Waals surface area (Å²) in [7, 11) is 0. The normalized spacial score (nSPS) is 19.8. The lowest BCUT2D eigenvalue weighted by molar-refractivity contribution is -0.117. The van der Waals surface area contributed by atoms with Crippen LogP contribution in [-0.2, 0) is 4.79 Å². The predicted molar refractivity (Wildman–Crippen MR) is 60.6 cm³/mol. The summed E-state index contributed by atoms with van der Waals surface area (Å²) in [6, 6.07) is 9.40. The molecule has 1 aliphatic heterocycles. The predicted octanol–water partition coefficient (Wildman–Crippen LogP) is 1.43. The van der Waals surface area contributed by atoms with Gasteiger partial charge in [-0.2, -0.15) is 5.26 Å². The number of rotatable bonds is 3. The number of amides is 1. The van der Waals surface area contributed by atoms with Crippen molar-refractivity contribution < 1.29 is 4.79 Å². The molecule has 4 nitrogen and oxygen atoms in total. The quantitative estimate of drug-likeness (QED) is 0.801. The van der Waals surface area contributed by atoms with E-state index < -0.39 is 0 Å². The van der Waals surface area contributed by atoms with Gasteiger partial charge in [-0.1, -0.05) is 18.2 Å². The highest BCUT2D eigenvalue weighted by atomic mass is 16.2. The standard InChI is InChI=1S/C12H13N3O/c1-8(6-13)7-14-11-9-4-2-3-5-10(9)15-12(11)16/h2-5,8,11,14H,7H2,1H3,(H,15,16). The van der Waals surface area contributed by atoms with E-state index in [1.54, 1.807) is 0 Å². The van der Waals surface area contributed by atoms with Gasteiger partial charge in [-0.05, 0) is 13.0 Å². The summed E-state index contributed by atoms with van der Waals surface area (Å²) in [4.78, 5) is 11.7. The maximum absolute atomic E-state index is 11.7. The Balaban J connectivity index is 2.11. The summed E-state index contributed by atoms with van der Waals surface area (Å²) < 4.78 is 0. The number of nitrogens with one attached hydrogen (secondary N) is 2. The molecule has 0 spiro atoms. The number of fused-ring (bicyclic) bond motifs is 1. The summed E-state index contributed by atoms with van der Waals surface area (Å²) in [5.74, 6) is -0.146. The first-order chi connectivity index (χ1) is 7.72. The highest BCUT2D eigenvalue weighted by Gasteiger charge is 2.29. The maximum Gasteiger partial charge on any atom is 0.246 e. The lowest BCUT2D eigenvalue weighted by atomic mass is 10.1. The van der Waals surface area contributed by atoms with Gasteiger partial charge in [0, 0.05) is 17.8 Å². The van der Waals surface area contributed by atoms with Crippen molar-refractivity contribution in [1.82, 2.24) is 5.32 Å². The summed E-state index contributed by atoms with van der Waals surface area (Å²) in [5, 5.41) is 14.6. The Morgan fingerprint density at radius 2 is 2.31 bits per heavy atom. The molecular formula is C12H13N3O. The molecule has 0 bridgehead atoms. The molecular weight excluding hydrogens is 202 g/mol. The molecule has 2 atom stereocenters. The van der Waals surface area contributed by atoms with Crippen LogP contribution >= 0.6 is 0 Å². The lowest BCUT2D eigenvalue weighted by Crippen LogP contribution is -2.30. The number of nitrogens with zero attached hydrogens (tertiary/aromatic N) is 1. The SMILES string of the molecule is CC(C#N)CNC1C(=O)Nc2ccccc21. The van der Waals surface area contributed by atoms with Crippen LogP contribution in [0.4, 0.5) is 5.69 Å². The summed E-state index contributed by atoms with van der Waals surface area (Å²) >= 11 is 0. The summed E-state index contributed by atoms with van der Waals surface area (Å²) in [5.41, 5.74) is 1.81. The topological polar surface area (TPSA) is 64.9 Å². The number of hydrogen-bond donors (Lipinski definition) is 2. The number of hydrogen-bond acceptors (Lipinski definition) is 3. The van der Waals surface area contributed by atoms with Crippen molar-refractivity contribution in [2.75, 3.05) is 11.9 Å². The first-order valence-electron chi connectivity index (χ1n) is 5.25. The highest BCUT2D eigenvalue weighted by molar-refractivity contribution is 6.02. The van der Waals surface area contributed by atoms with Crippen molar-refractivity contribution in [2.45, 2.75) is 13.0 Å². The highest BCUT2D eigenvalue weighted by Crippen LogP contribution is 2.29. The molecule has 0 fully saturated rings. The number of nitriles is 1. The second-order valence-electron chi connectivity index (χ2n) is 3.95. The van der Waals surface area contributed by atoms with E-state index in [9.17, 15) is 4.79 Å². The number of para-hydroxylation sites is 1. The van der Waals surface area contributed by atoms with Crippen LogP contribution in [0.15, 0.2) is 24.3 Å². The molecule has 82 valence electrons. The Morgan fingerprint density at radius 3 is 3.06 bits per heavy atom. The van der Waals surface area contributed by atoms with E-state index in [2.05, 4.69) is 16.7 Å². The van der Waals surface area contributed by atoms with Gasteiger partial charge in [-0.3, -0.25) is 4.79 Å². The van der Waals surface area contributed by atoms with Crippen LogP contribution in [0.3, 0.4) is 0 Å². The van der Waals surface area contributed by atoms with Crippen molar-refractivity contribution in [3.8, 4) is 6.07 Å². The fourth-order valence-electron chi connectivity index (χ4n) is 1.75. The van der Waals surface area contributed by atoms with Gasteiger partial charge >= 0.3 is 0 Å². The average Bonchev–Trinajstić information content (AvgIpc) is 2.62. The molecule has 0 radical (unpaired) electrons. The zero-order chi connectivity index (χ0) is 11.5. The maximum atomic E-state index is 11.7. The van der Waals surface area contributed by atoms with Gasteiger partial charge in [-0.15, -0.1) is 0 Å². The van der Waals surface area contributed by atoms with Gasteiger partial charge in [0.1, 0.15) is 6.04 Å². The van der Waals surface area contributed by atoms with Crippen LogP contribution in [0.25, 0.3) is 0 Å². The minimum atomic E-state index is -0.327. The van der Waals surface area contributed by atoms with Gasteiger partial charge in [0.25, 0.3) is 0 Å². The van der Waals surface area contributed by atoms with E-state index in [1.165, 1.54) is 0 Å². The largest absolute Gasteiger partial charge is 0.324 e. The lowest BCUT2D eigenvalue weighted by Gasteiger charge is -2.11. The Kier molecular flexibility index (Phi) is 2.88. The van der Waals surface area contributed by atoms with Gasteiger partial charge in [0.2, 0.25) is 5.91 Å². The monoisotopic (exact) mass is 215 g/mol. The van der Waals surface area contributed by atoms with Crippen LogP contribution in [0.2, 0.25) is 0 Å². The van der Waals surface area contributed by atoms with Gasteiger partial charge in [0.05, 0.1) is 12.0 Å². The smallest absolute Gasteiger partial charge is 0.246 e. The molecule has 0 aliphatic carbocycles. The Bertz CT molecular complexity index is 450. The Hall–Kier alpha value is -1.86. The third kappa shape index (κ3) is 1.90. The van der Waals surface area contributed by atoms with E-state index >= 15 is 0 Å². The third-order valence-corrected chi connectivity index (χ3v) is 2.64. The second-order valence-corrected chi connectivity index (χ2v) is 3.95. The molecule has 1 aromatic carbocycles. The Labute approximate surface area is 94.3 Å². The minimum absolute atomic E-state index is 0.0497. The fraction of sp³-hybridized carbons (Fsp3) is 0.333. The molecule has 1 aliphatic rings. The van der Waals surface area contributed by atoms with Crippen LogP contribution in [0, 0.1) is 17.2 Å². The first kappa shape index (κ1) is 10.7. The molecule has 2 N–H and O–H groups in total. The molecule has 1 amide bonds. The van der Waals surface area contributed by atoms with E-state index in [0.29, 0.717) is 6.54 Å². The van der Waals surface area contributed by atoms with Crippen LogP contribution in [0.5, 0.6) is 0 Å². The zero-order valence-electron chi connectivity index (χ0n) is 9.03. The second kappa shape index (κ2) is 4.33. The number of carbonyl (C=O) groups is 1. The van der Waals surface area contributed by atoms with E-state index in [-0.39, 0.29) is 17.9 Å². The zero-order valence-corrected chi connectivity index (χ0v) is 9.03. The molecule has 1 aromatic rings. The average molecular weight is 215 g/mol. The molecule has 2 rings (SSSR count). The molecule has 0 saturated heterocycles. The molecule has 16 heavy (non-hydrogen) atoms. The molecule has 4 heteroatoms. The van der Waals surface area contributed by atoms with Crippen molar-refractivity contribution >= 4 is 11.6 Å². The Morgan fingerprint density at radius 1 is 1.56 bits per heavy atom. The summed E-state index contributed by atoms with van der Waals surface area (Å²) in [6.07, 6.45) is 0. The molecule has 0 aromatic heterocycles. The van der Waals surface area contributed by atoms with Crippen molar-refractivity contribution in [2.24, 2.45) is 5.92 Å². The van der Waals surface area contributed by atoms with E-state index in [0.717, 1.165) is 11.3 Å². The van der Waals surface area contributed by atoms with E-state index in [4.69, 9.17) is 5.26 Å². The van der Waals surface area contributed by atoms with Crippen molar-refractivity contribution in [3.63, 3.8) is 0 Å².